The van der Waals surface area contributed by atoms with Crippen LogP contribution in [0.3, 0.4) is 0 Å². The monoisotopic (exact) mass is 355 g/mol. The minimum Gasteiger partial charge on any atom is -0.147 e. The first-order valence-electron chi connectivity index (χ1n) is 6.45. The van der Waals surface area contributed by atoms with E-state index in [1.165, 1.54) is 24.0 Å². The van der Waals surface area contributed by atoms with Crippen LogP contribution in [0.1, 0.15) is 26.7 Å². The summed E-state index contributed by atoms with van der Waals surface area (Å²) >= 11 is 1.70. The Morgan fingerprint density at radius 1 is 1.00 bits per heavy atom. The van der Waals surface area contributed by atoms with Gasteiger partial charge in [0.15, 0.2) is 0 Å². The Bertz CT molecular complexity index is 419. The summed E-state index contributed by atoms with van der Waals surface area (Å²) in [5.41, 5.74) is 6.32. The van der Waals surface area contributed by atoms with E-state index in [4.69, 9.17) is 0 Å². The Kier molecular flexibility index (Phi) is 5.65. The SMILES string of the molecule is CC1=CCC([C]([Zr])(C2=CC(C)=CC2)[SiH](C)C)=C1.Cl. The van der Waals surface area contributed by atoms with Gasteiger partial charge in [-0.15, -0.1) is 12.4 Å². The van der Waals surface area contributed by atoms with Gasteiger partial charge in [-0.2, -0.15) is 0 Å². The minimum absolute atomic E-state index is 0. The Morgan fingerprint density at radius 3 is 1.61 bits per heavy atom. The van der Waals surface area contributed by atoms with E-state index in [9.17, 15) is 0 Å². The topological polar surface area (TPSA) is 0 Å². The molecule has 0 saturated heterocycles. The first kappa shape index (κ1) is 16.4. The fourth-order valence-electron chi connectivity index (χ4n) is 2.82. The smallest absolute Gasteiger partial charge is 0.147 e. The van der Waals surface area contributed by atoms with Crippen molar-refractivity contribution in [3.8, 4) is 0 Å². The summed E-state index contributed by atoms with van der Waals surface area (Å²) in [6.45, 7) is 9.49. The van der Waals surface area contributed by atoms with E-state index < -0.39 is 8.80 Å². The molecular weight excluding hydrogens is 335 g/mol. The van der Waals surface area contributed by atoms with Gasteiger partial charge >= 0.3 is 123 Å². The zero-order chi connectivity index (χ0) is 12.6. The molecule has 0 aliphatic heterocycles. The van der Waals surface area contributed by atoms with Gasteiger partial charge < -0.3 is 0 Å². The predicted octanol–water partition coefficient (Wildman–Crippen LogP) is 4.69. The standard InChI is InChI=1S/C15H21Si.ClH.Zr/c1-11-5-7-13(9-11)15(16(3)4)14-8-6-12(2)10-14;;/h5-6,9-10,16H,7-8H2,1-4H3;1H;. The van der Waals surface area contributed by atoms with Crippen molar-refractivity contribution < 1.29 is 24.7 Å². The average molecular weight is 357 g/mol. The second kappa shape index (κ2) is 6.20. The molecule has 0 aromatic rings. The van der Waals surface area contributed by atoms with Gasteiger partial charge in [-0.25, -0.2) is 0 Å². The summed E-state index contributed by atoms with van der Waals surface area (Å²) in [6.07, 6.45) is 12.1. The van der Waals surface area contributed by atoms with Crippen LogP contribution in [0.4, 0.5) is 0 Å². The van der Waals surface area contributed by atoms with Crippen LogP contribution in [-0.2, 0) is 24.7 Å². The first-order chi connectivity index (χ1) is 7.94. The van der Waals surface area contributed by atoms with Crippen molar-refractivity contribution in [2.45, 2.75) is 42.5 Å². The van der Waals surface area contributed by atoms with E-state index in [-0.39, 0.29) is 12.4 Å². The largest absolute Gasteiger partial charge is 0.147 e. The third-order valence-electron chi connectivity index (χ3n) is 3.97. The molecule has 0 saturated carbocycles. The third-order valence-corrected chi connectivity index (χ3v) is 12.3. The molecule has 0 N–H and O–H groups in total. The quantitative estimate of drug-likeness (QED) is 0.643. The molecule has 97 valence electrons. The molecule has 0 fully saturated rings. The zero-order valence-corrected chi connectivity index (χ0v) is 16.1. The minimum atomic E-state index is -0.725. The van der Waals surface area contributed by atoms with E-state index in [1.54, 1.807) is 35.9 Å². The van der Waals surface area contributed by atoms with E-state index in [2.05, 4.69) is 51.2 Å². The van der Waals surface area contributed by atoms with E-state index in [0.717, 1.165) is 0 Å². The van der Waals surface area contributed by atoms with Crippen molar-refractivity contribution in [1.29, 1.82) is 0 Å². The summed E-state index contributed by atoms with van der Waals surface area (Å²) in [5.74, 6) is 0. The van der Waals surface area contributed by atoms with Crippen LogP contribution in [0.5, 0.6) is 0 Å². The molecule has 0 amide bonds. The Balaban J connectivity index is 0.00000162. The van der Waals surface area contributed by atoms with Gasteiger partial charge in [0, 0.05) is 0 Å². The Morgan fingerprint density at radius 2 is 1.39 bits per heavy atom. The maximum Gasteiger partial charge on any atom is -0.147 e. The van der Waals surface area contributed by atoms with Gasteiger partial charge in [0.1, 0.15) is 0 Å². The summed E-state index contributed by atoms with van der Waals surface area (Å²) < 4.78 is 0.467. The fraction of sp³-hybridized carbons (Fsp3) is 0.467. The van der Waals surface area contributed by atoms with Crippen LogP contribution in [0.25, 0.3) is 0 Å². The average Bonchev–Trinajstić information content (AvgIpc) is 2.86. The first-order valence-corrected chi connectivity index (χ1v) is 10.6. The van der Waals surface area contributed by atoms with Crippen LogP contribution in [-0.4, -0.2) is 8.80 Å². The molecule has 2 rings (SSSR count). The molecule has 0 atom stereocenters. The molecule has 0 aromatic heterocycles. The van der Waals surface area contributed by atoms with Crippen LogP contribution in [0.2, 0.25) is 15.8 Å². The number of allylic oxidation sites excluding steroid dienone is 8. The molecule has 0 nitrogen and oxygen atoms in total. The number of halogens is 1. The van der Waals surface area contributed by atoms with Gasteiger partial charge in [0.2, 0.25) is 0 Å². The molecule has 0 aromatic carbocycles. The zero-order valence-electron chi connectivity index (χ0n) is 11.7. The number of hydrogen-bond donors (Lipinski definition) is 0. The van der Waals surface area contributed by atoms with Gasteiger partial charge in [0.25, 0.3) is 0 Å². The van der Waals surface area contributed by atoms with E-state index >= 15 is 0 Å². The van der Waals surface area contributed by atoms with E-state index in [1.807, 2.05) is 0 Å². The molecule has 0 radical (unpaired) electrons. The molecule has 3 heteroatoms. The fourth-order valence-corrected chi connectivity index (χ4v) is 5.57. The summed E-state index contributed by atoms with van der Waals surface area (Å²) in [4.78, 5) is 0. The maximum atomic E-state index is 2.51. The molecule has 18 heavy (non-hydrogen) atoms. The molecule has 0 bridgehead atoms. The van der Waals surface area contributed by atoms with Gasteiger partial charge in [0.05, 0.1) is 0 Å². The second-order valence-electron chi connectivity index (χ2n) is 5.61. The van der Waals surface area contributed by atoms with Crippen molar-refractivity contribution in [2.75, 3.05) is 0 Å². The van der Waals surface area contributed by atoms with Gasteiger partial charge in [-0.05, 0) is 0 Å². The molecule has 0 unspecified atom stereocenters. The van der Waals surface area contributed by atoms with Crippen molar-refractivity contribution in [3.05, 3.63) is 46.6 Å². The summed E-state index contributed by atoms with van der Waals surface area (Å²) in [7, 11) is -0.725. The van der Waals surface area contributed by atoms with Gasteiger partial charge in [-0.1, -0.05) is 0 Å². The van der Waals surface area contributed by atoms with Crippen molar-refractivity contribution in [3.63, 3.8) is 0 Å². The third kappa shape index (κ3) is 2.92. The molecular formula is C15H22ClSiZr. The number of rotatable bonds is 3. The molecule has 0 spiro atoms. The van der Waals surface area contributed by atoms with Crippen molar-refractivity contribution in [1.82, 2.24) is 0 Å². The van der Waals surface area contributed by atoms with Gasteiger partial charge in [-0.3, -0.25) is 0 Å². The van der Waals surface area contributed by atoms with Crippen LogP contribution in [0.15, 0.2) is 46.6 Å². The van der Waals surface area contributed by atoms with Crippen LogP contribution in [0, 0.1) is 0 Å². The Hall–Kier alpha value is 0.350. The maximum absolute atomic E-state index is 2.51. The van der Waals surface area contributed by atoms with Crippen LogP contribution < -0.4 is 0 Å². The summed E-state index contributed by atoms with van der Waals surface area (Å²) in [6, 6.07) is 0. The summed E-state index contributed by atoms with van der Waals surface area (Å²) in [5, 5.41) is 0. The Labute approximate surface area is 134 Å². The van der Waals surface area contributed by atoms with E-state index in [0.29, 0.717) is 2.75 Å². The molecule has 2 aliphatic carbocycles. The molecule has 0 heterocycles. The predicted molar refractivity (Wildman–Crippen MR) is 81.7 cm³/mol. The van der Waals surface area contributed by atoms with Crippen LogP contribution >= 0.6 is 12.4 Å². The molecule has 2 aliphatic rings. The number of hydrogen-bond acceptors (Lipinski definition) is 0. The van der Waals surface area contributed by atoms with Crippen molar-refractivity contribution >= 4 is 21.2 Å². The normalized spacial score (nSPS) is 19.1. The van der Waals surface area contributed by atoms with Crippen molar-refractivity contribution in [2.24, 2.45) is 0 Å². The second-order valence-corrected chi connectivity index (χ2v) is 12.1.